The Morgan fingerprint density at radius 3 is 1.07 bits per heavy atom. The Kier molecular flexibility index (Phi) is 10.4. The third-order valence-electron chi connectivity index (χ3n) is 5.67. The summed E-state index contributed by atoms with van der Waals surface area (Å²) in [4.78, 5) is 24.8. The van der Waals surface area contributed by atoms with E-state index in [1.54, 1.807) is 48.5 Å². The van der Waals surface area contributed by atoms with E-state index < -0.39 is 31.9 Å². The molecule has 0 aliphatic heterocycles. The maximum atomic E-state index is 12.6. The highest BCUT2D eigenvalue weighted by Crippen LogP contribution is 2.21. The lowest BCUT2D eigenvalue weighted by molar-refractivity contribution is -0.121. The first-order valence-corrected chi connectivity index (χ1v) is 17.4. The van der Waals surface area contributed by atoms with Crippen LogP contribution in [0.3, 0.4) is 0 Å². The Balaban J connectivity index is 1.25. The summed E-state index contributed by atoms with van der Waals surface area (Å²) in [7, 11) is -7.61. The SMILES string of the molecule is O=C(CCC(=O)Nc1ccc(S(=O)(=O)Nc2ccc(I)cc2)cc1)Nc1ccc(S(=O)(=O)Nc2ccc(I)cc2)cc1. The van der Waals surface area contributed by atoms with Gasteiger partial charge in [0, 0.05) is 42.7 Å². The minimum absolute atomic E-state index is 0.0304. The van der Waals surface area contributed by atoms with Crippen LogP contribution in [0.2, 0.25) is 0 Å². The second kappa shape index (κ2) is 13.8. The Morgan fingerprint density at radius 2 is 0.762 bits per heavy atom. The van der Waals surface area contributed by atoms with E-state index in [0.717, 1.165) is 7.14 Å². The second-order valence-corrected chi connectivity index (χ2v) is 14.7. The molecule has 4 rings (SSSR count). The first kappa shape index (κ1) is 31.7. The first-order chi connectivity index (χ1) is 19.9. The van der Waals surface area contributed by atoms with Crippen LogP contribution in [-0.2, 0) is 29.6 Å². The molecule has 10 nitrogen and oxygen atoms in total. The molecule has 4 N–H and O–H groups in total. The number of hydrogen-bond donors (Lipinski definition) is 4. The summed E-state index contributed by atoms with van der Waals surface area (Å²) < 4.78 is 57.4. The van der Waals surface area contributed by atoms with Crippen LogP contribution in [-0.4, -0.2) is 28.6 Å². The molecule has 4 aromatic carbocycles. The van der Waals surface area contributed by atoms with Crippen LogP contribution < -0.4 is 20.1 Å². The molecular weight excluding hydrogens is 806 g/mol. The summed E-state index contributed by atoms with van der Waals surface area (Å²) >= 11 is 4.25. The van der Waals surface area contributed by atoms with Crippen LogP contribution in [0.1, 0.15) is 12.8 Å². The molecule has 0 saturated heterocycles. The summed E-state index contributed by atoms with van der Waals surface area (Å²) in [5.41, 5.74) is 1.62. The zero-order valence-corrected chi connectivity index (χ0v) is 27.6. The Labute approximate surface area is 271 Å². The minimum Gasteiger partial charge on any atom is -0.326 e. The normalized spacial score (nSPS) is 11.4. The van der Waals surface area contributed by atoms with Gasteiger partial charge in [0.05, 0.1) is 9.79 Å². The fraction of sp³-hybridized carbons (Fsp3) is 0.0714. The second-order valence-electron chi connectivity index (χ2n) is 8.87. The zero-order chi connectivity index (χ0) is 30.3. The molecule has 14 heteroatoms. The predicted octanol–water partition coefficient (Wildman–Crippen LogP) is 5.85. The average Bonchev–Trinajstić information content (AvgIpc) is 2.95. The van der Waals surface area contributed by atoms with Gasteiger partial charge in [-0.3, -0.25) is 19.0 Å². The highest BCUT2D eigenvalue weighted by atomic mass is 127. The van der Waals surface area contributed by atoms with Crippen molar-refractivity contribution >= 4 is 99.8 Å². The molecule has 4 aromatic rings. The molecule has 0 fully saturated rings. The third-order valence-corrected chi connectivity index (χ3v) is 9.90. The van der Waals surface area contributed by atoms with Crippen LogP contribution in [0, 0.1) is 7.14 Å². The van der Waals surface area contributed by atoms with Gasteiger partial charge in [-0.2, -0.15) is 0 Å². The highest BCUT2D eigenvalue weighted by molar-refractivity contribution is 14.1. The maximum Gasteiger partial charge on any atom is 0.261 e. The number of anilines is 4. The van der Waals surface area contributed by atoms with E-state index in [0.29, 0.717) is 22.7 Å². The standard InChI is InChI=1S/C28H24I2N4O6S2/c29-19-1-5-23(6-2-19)33-41(37,38)25-13-9-21(10-14-25)31-27(35)17-18-28(36)32-22-11-15-26(16-12-22)42(39,40)34-24-7-3-20(30)4-8-24/h1-16,33-34H,17-18H2,(H,31,35)(H,32,36). The van der Waals surface area contributed by atoms with E-state index in [4.69, 9.17) is 0 Å². The van der Waals surface area contributed by atoms with Crippen molar-refractivity contribution in [2.24, 2.45) is 0 Å². The number of benzene rings is 4. The largest absolute Gasteiger partial charge is 0.326 e. The molecule has 0 aromatic heterocycles. The van der Waals surface area contributed by atoms with Crippen LogP contribution in [0.4, 0.5) is 22.7 Å². The van der Waals surface area contributed by atoms with Crippen LogP contribution in [0.15, 0.2) is 107 Å². The number of sulfonamides is 2. The lowest BCUT2D eigenvalue weighted by Crippen LogP contribution is -2.18. The fourth-order valence-corrected chi connectivity index (χ4v) is 6.41. The molecule has 0 spiro atoms. The summed E-state index contributed by atoms with van der Waals surface area (Å²) in [5.74, 6) is -0.859. The molecule has 0 aliphatic rings. The molecule has 218 valence electrons. The molecular formula is C28H24I2N4O6S2. The molecule has 0 aliphatic carbocycles. The van der Waals surface area contributed by atoms with Crippen molar-refractivity contribution in [2.45, 2.75) is 22.6 Å². The van der Waals surface area contributed by atoms with Gasteiger partial charge in [-0.05, 0) is 142 Å². The van der Waals surface area contributed by atoms with E-state index in [9.17, 15) is 26.4 Å². The predicted molar refractivity (Wildman–Crippen MR) is 179 cm³/mol. The number of amides is 2. The van der Waals surface area contributed by atoms with Crippen molar-refractivity contribution < 1.29 is 26.4 Å². The quantitative estimate of drug-likeness (QED) is 0.139. The summed E-state index contributed by atoms with van der Waals surface area (Å²) in [6, 6.07) is 25.1. The summed E-state index contributed by atoms with van der Waals surface area (Å²) in [6.45, 7) is 0. The van der Waals surface area contributed by atoms with Crippen molar-refractivity contribution in [3.8, 4) is 0 Å². The monoisotopic (exact) mass is 830 g/mol. The molecule has 0 radical (unpaired) electrons. The molecule has 0 bridgehead atoms. The summed E-state index contributed by atoms with van der Waals surface area (Å²) in [6.07, 6.45) is -0.237. The number of halogens is 2. The number of rotatable bonds is 11. The van der Waals surface area contributed by atoms with Crippen LogP contribution >= 0.6 is 45.2 Å². The van der Waals surface area contributed by atoms with Crippen molar-refractivity contribution in [1.82, 2.24) is 0 Å². The molecule has 0 heterocycles. The number of hydrogen-bond acceptors (Lipinski definition) is 6. The molecule has 42 heavy (non-hydrogen) atoms. The first-order valence-electron chi connectivity index (χ1n) is 12.3. The Morgan fingerprint density at radius 1 is 0.476 bits per heavy atom. The van der Waals surface area contributed by atoms with Gasteiger partial charge in [-0.25, -0.2) is 16.8 Å². The summed E-state index contributed by atoms with van der Waals surface area (Å²) in [5, 5.41) is 5.27. The molecule has 0 saturated carbocycles. The lowest BCUT2D eigenvalue weighted by Gasteiger charge is -2.10. The third kappa shape index (κ3) is 9.14. The molecule has 2 amide bonds. The van der Waals surface area contributed by atoms with Crippen molar-refractivity contribution in [2.75, 3.05) is 20.1 Å². The van der Waals surface area contributed by atoms with E-state index in [2.05, 4.69) is 65.3 Å². The molecule has 0 unspecified atom stereocenters. The van der Waals surface area contributed by atoms with Crippen molar-refractivity contribution in [3.63, 3.8) is 0 Å². The van der Waals surface area contributed by atoms with Crippen LogP contribution in [0.25, 0.3) is 0 Å². The van der Waals surface area contributed by atoms with E-state index in [1.807, 2.05) is 0 Å². The van der Waals surface area contributed by atoms with Crippen molar-refractivity contribution in [3.05, 3.63) is 104 Å². The van der Waals surface area contributed by atoms with Gasteiger partial charge < -0.3 is 10.6 Å². The molecule has 0 atom stereocenters. The highest BCUT2D eigenvalue weighted by Gasteiger charge is 2.16. The number of nitrogens with one attached hydrogen (secondary N) is 4. The van der Waals surface area contributed by atoms with E-state index >= 15 is 0 Å². The number of carbonyl (C=O) groups excluding carboxylic acids is 2. The van der Waals surface area contributed by atoms with Crippen LogP contribution in [0.5, 0.6) is 0 Å². The van der Waals surface area contributed by atoms with Gasteiger partial charge in [-0.1, -0.05) is 0 Å². The smallest absolute Gasteiger partial charge is 0.261 e. The lowest BCUT2D eigenvalue weighted by atomic mass is 10.2. The Bertz CT molecular complexity index is 1650. The van der Waals surface area contributed by atoms with Crippen molar-refractivity contribution in [1.29, 1.82) is 0 Å². The van der Waals surface area contributed by atoms with Gasteiger partial charge in [0.25, 0.3) is 20.0 Å². The van der Waals surface area contributed by atoms with E-state index in [-0.39, 0.29) is 22.6 Å². The minimum atomic E-state index is -3.80. The van der Waals surface area contributed by atoms with E-state index in [1.165, 1.54) is 48.5 Å². The van der Waals surface area contributed by atoms with Gasteiger partial charge in [0.15, 0.2) is 0 Å². The van der Waals surface area contributed by atoms with Gasteiger partial charge in [0.2, 0.25) is 11.8 Å². The topological polar surface area (TPSA) is 151 Å². The van der Waals surface area contributed by atoms with Gasteiger partial charge in [-0.15, -0.1) is 0 Å². The van der Waals surface area contributed by atoms with Gasteiger partial charge in [0.1, 0.15) is 0 Å². The van der Waals surface area contributed by atoms with Gasteiger partial charge >= 0.3 is 0 Å². The maximum absolute atomic E-state index is 12.6. The Hall–Kier alpha value is -3.22. The average molecular weight is 830 g/mol. The zero-order valence-electron chi connectivity index (χ0n) is 21.7. The number of carbonyl (C=O) groups is 2. The fourth-order valence-electron chi connectivity index (χ4n) is 3.57.